The third kappa shape index (κ3) is 3.21. The zero-order valence-electron chi connectivity index (χ0n) is 13.7. The second kappa shape index (κ2) is 6.72. The molecule has 0 saturated carbocycles. The van der Waals surface area contributed by atoms with Crippen LogP contribution in [0.3, 0.4) is 0 Å². The number of anilines is 1. The Morgan fingerprint density at radius 1 is 1.04 bits per heavy atom. The average molecular weight is 334 g/mol. The van der Waals surface area contributed by atoms with Crippen LogP contribution >= 0.6 is 0 Å². The van der Waals surface area contributed by atoms with Crippen LogP contribution in [0.15, 0.2) is 55.1 Å². The molecule has 3 aromatic heterocycles. The number of carbonyl (C=O) groups is 1. The summed E-state index contributed by atoms with van der Waals surface area (Å²) in [6.45, 7) is 2.72. The first kappa shape index (κ1) is 15.3. The van der Waals surface area contributed by atoms with Crippen LogP contribution in [0.1, 0.15) is 10.5 Å². The van der Waals surface area contributed by atoms with Crippen LogP contribution in [0.5, 0.6) is 0 Å². The van der Waals surface area contributed by atoms with Gasteiger partial charge in [0.05, 0.1) is 5.69 Å². The number of pyridine rings is 1. The van der Waals surface area contributed by atoms with Gasteiger partial charge in [0, 0.05) is 56.5 Å². The first-order chi connectivity index (χ1) is 12.3. The quantitative estimate of drug-likeness (QED) is 0.791. The lowest BCUT2D eigenvalue weighted by Gasteiger charge is -2.34. The first-order valence-corrected chi connectivity index (χ1v) is 8.22. The lowest BCUT2D eigenvalue weighted by molar-refractivity contribution is 0.0741. The maximum atomic E-state index is 12.4. The summed E-state index contributed by atoms with van der Waals surface area (Å²) in [4.78, 5) is 32.5. The number of hydrogen-bond donors (Lipinski definition) is 1. The molecule has 4 rings (SSSR count). The third-order valence-corrected chi connectivity index (χ3v) is 4.28. The van der Waals surface area contributed by atoms with E-state index in [1.54, 1.807) is 30.9 Å². The highest BCUT2D eigenvalue weighted by atomic mass is 16.2. The van der Waals surface area contributed by atoms with E-state index >= 15 is 0 Å². The zero-order valence-corrected chi connectivity index (χ0v) is 13.7. The Labute approximate surface area is 145 Å². The topological polar surface area (TPSA) is 78.0 Å². The van der Waals surface area contributed by atoms with Gasteiger partial charge in [0.25, 0.3) is 5.91 Å². The number of carbonyl (C=O) groups excluding carboxylic acids is 1. The highest BCUT2D eigenvalue weighted by molar-refractivity contribution is 5.92. The fourth-order valence-electron chi connectivity index (χ4n) is 2.92. The largest absolute Gasteiger partial charge is 0.357 e. The number of H-pyrrole nitrogens is 1. The standard InChI is InChI=1S/C18H18N6O/c25-17(16-4-2-7-20-16)23-9-11-24(12-10-23)18-21-8-5-15(22-18)14-3-1-6-19-13-14/h1-8,13,20H,9-12H2. The van der Waals surface area contributed by atoms with Crippen molar-refractivity contribution in [2.24, 2.45) is 0 Å². The molecular weight excluding hydrogens is 316 g/mol. The van der Waals surface area contributed by atoms with Gasteiger partial charge >= 0.3 is 0 Å². The predicted octanol–water partition coefficient (Wildman–Crippen LogP) is 1.83. The SMILES string of the molecule is O=C(c1ccc[nH]1)N1CCN(c2nccc(-c3cccnc3)n2)CC1. The number of nitrogens with zero attached hydrogens (tertiary/aromatic N) is 5. The van der Waals surface area contributed by atoms with Crippen LogP contribution in [0, 0.1) is 0 Å². The van der Waals surface area contributed by atoms with Crippen molar-refractivity contribution in [3.05, 3.63) is 60.8 Å². The molecule has 126 valence electrons. The van der Waals surface area contributed by atoms with E-state index in [1.807, 2.05) is 29.2 Å². The van der Waals surface area contributed by atoms with Gasteiger partial charge in [-0.25, -0.2) is 9.97 Å². The highest BCUT2D eigenvalue weighted by Gasteiger charge is 2.24. The van der Waals surface area contributed by atoms with Crippen molar-refractivity contribution in [1.29, 1.82) is 0 Å². The van der Waals surface area contributed by atoms with Gasteiger partial charge in [0.15, 0.2) is 0 Å². The number of rotatable bonds is 3. The Hall–Kier alpha value is -3.22. The molecule has 1 aliphatic heterocycles. The Bertz CT molecular complexity index is 841. The number of hydrogen-bond acceptors (Lipinski definition) is 5. The van der Waals surface area contributed by atoms with Crippen molar-refractivity contribution in [3.8, 4) is 11.3 Å². The molecule has 0 aliphatic carbocycles. The smallest absolute Gasteiger partial charge is 0.270 e. The van der Waals surface area contributed by atoms with Crippen molar-refractivity contribution >= 4 is 11.9 Å². The molecule has 7 heteroatoms. The number of aromatic amines is 1. The summed E-state index contributed by atoms with van der Waals surface area (Å²) in [6, 6.07) is 9.39. The second-order valence-corrected chi connectivity index (χ2v) is 5.85. The Morgan fingerprint density at radius 3 is 2.64 bits per heavy atom. The van der Waals surface area contributed by atoms with E-state index in [-0.39, 0.29) is 5.91 Å². The van der Waals surface area contributed by atoms with Crippen molar-refractivity contribution in [2.75, 3.05) is 31.1 Å². The number of nitrogens with one attached hydrogen (secondary N) is 1. The van der Waals surface area contributed by atoms with E-state index in [4.69, 9.17) is 0 Å². The molecule has 7 nitrogen and oxygen atoms in total. The molecule has 1 aliphatic rings. The van der Waals surface area contributed by atoms with Gasteiger partial charge in [-0.05, 0) is 30.3 Å². The fraction of sp³-hybridized carbons (Fsp3) is 0.222. The summed E-state index contributed by atoms with van der Waals surface area (Å²) in [5.41, 5.74) is 2.44. The molecule has 0 radical (unpaired) electrons. The maximum absolute atomic E-state index is 12.4. The summed E-state index contributed by atoms with van der Waals surface area (Å²) in [6.07, 6.45) is 7.06. The third-order valence-electron chi connectivity index (χ3n) is 4.28. The van der Waals surface area contributed by atoms with E-state index in [2.05, 4.69) is 24.8 Å². The monoisotopic (exact) mass is 334 g/mol. The molecule has 1 fully saturated rings. The molecule has 0 bridgehead atoms. The van der Waals surface area contributed by atoms with Crippen LogP contribution in [0.2, 0.25) is 0 Å². The van der Waals surface area contributed by atoms with Crippen molar-refractivity contribution in [2.45, 2.75) is 0 Å². The molecule has 1 N–H and O–H groups in total. The van der Waals surface area contributed by atoms with Crippen LogP contribution in [-0.2, 0) is 0 Å². The van der Waals surface area contributed by atoms with Crippen molar-refractivity contribution in [3.63, 3.8) is 0 Å². The minimum absolute atomic E-state index is 0.0367. The highest BCUT2D eigenvalue weighted by Crippen LogP contribution is 2.19. The molecule has 0 spiro atoms. The van der Waals surface area contributed by atoms with Crippen molar-refractivity contribution in [1.82, 2.24) is 24.8 Å². The van der Waals surface area contributed by atoms with E-state index in [1.165, 1.54) is 0 Å². The van der Waals surface area contributed by atoms with Gasteiger partial charge in [0.2, 0.25) is 5.95 Å². The summed E-state index contributed by atoms with van der Waals surface area (Å²) in [5.74, 6) is 0.725. The minimum atomic E-state index is 0.0367. The molecule has 0 unspecified atom stereocenters. The molecule has 3 aromatic rings. The normalized spacial score (nSPS) is 14.6. The summed E-state index contributed by atoms with van der Waals surface area (Å²) >= 11 is 0. The lowest BCUT2D eigenvalue weighted by Crippen LogP contribution is -2.49. The van der Waals surface area contributed by atoms with Gasteiger partial charge in [-0.15, -0.1) is 0 Å². The Morgan fingerprint density at radius 2 is 1.92 bits per heavy atom. The van der Waals surface area contributed by atoms with Crippen LogP contribution in [0.4, 0.5) is 5.95 Å². The first-order valence-electron chi connectivity index (χ1n) is 8.22. The molecule has 25 heavy (non-hydrogen) atoms. The van der Waals surface area contributed by atoms with Crippen LogP contribution < -0.4 is 4.90 Å². The Kier molecular flexibility index (Phi) is 4.12. The predicted molar refractivity (Wildman–Crippen MR) is 94.2 cm³/mol. The van der Waals surface area contributed by atoms with E-state index in [0.29, 0.717) is 37.8 Å². The second-order valence-electron chi connectivity index (χ2n) is 5.85. The van der Waals surface area contributed by atoms with Gasteiger partial charge < -0.3 is 14.8 Å². The zero-order chi connectivity index (χ0) is 17.1. The van der Waals surface area contributed by atoms with Gasteiger partial charge in [-0.2, -0.15) is 0 Å². The minimum Gasteiger partial charge on any atom is -0.357 e. The number of aromatic nitrogens is 4. The number of amides is 1. The van der Waals surface area contributed by atoms with Crippen molar-refractivity contribution < 1.29 is 4.79 Å². The van der Waals surface area contributed by atoms with E-state index in [9.17, 15) is 4.79 Å². The molecular formula is C18H18N6O. The fourth-order valence-corrected chi connectivity index (χ4v) is 2.92. The Balaban J connectivity index is 1.45. The molecule has 1 saturated heterocycles. The van der Waals surface area contributed by atoms with E-state index < -0.39 is 0 Å². The lowest BCUT2D eigenvalue weighted by atomic mass is 10.2. The molecule has 4 heterocycles. The summed E-state index contributed by atoms with van der Waals surface area (Å²) < 4.78 is 0. The summed E-state index contributed by atoms with van der Waals surface area (Å²) in [5, 5.41) is 0. The molecule has 0 atom stereocenters. The van der Waals surface area contributed by atoms with Gasteiger partial charge in [-0.3, -0.25) is 9.78 Å². The average Bonchev–Trinajstić information content (AvgIpc) is 3.23. The van der Waals surface area contributed by atoms with Gasteiger partial charge in [-0.1, -0.05) is 0 Å². The molecule has 0 aromatic carbocycles. The van der Waals surface area contributed by atoms with Crippen LogP contribution in [0.25, 0.3) is 11.3 Å². The maximum Gasteiger partial charge on any atom is 0.270 e. The van der Waals surface area contributed by atoms with E-state index in [0.717, 1.165) is 11.3 Å². The summed E-state index contributed by atoms with van der Waals surface area (Å²) in [7, 11) is 0. The number of piperazine rings is 1. The van der Waals surface area contributed by atoms with Gasteiger partial charge in [0.1, 0.15) is 5.69 Å². The van der Waals surface area contributed by atoms with Crippen LogP contribution in [-0.4, -0.2) is 56.9 Å². The molecule has 1 amide bonds.